The summed E-state index contributed by atoms with van der Waals surface area (Å²) in [6.07, 6.45) is 9.32. The van der Waals surface area contributed by atoms with Crippen LogP contribution in [0.15, 0.2) is 16.5 Å². The summed E-state index contributed by atoms with van der Waals surface area (Å²) in [7, 11) is 1.86. The van der Waals surface area contributed by atoms with Crippen molar-refractivity contribution in [1.29, 1.82) is 0 Å². The van der Waals surface area contributed by atoms with E-state index in [-0.39, 0.29) is 18.0 Å². The number of hydrogen-bond acceptors (Lipinski definition) is 3. The highest BCUT2D eigenvalue weighted by Crippen LogP contribution is 2.49. The first kappa shape index (κ1) is 18.8. The summed E-state index contributed by atoms with van der Waals surface area (Å²) >= 11 is 6.56. The molecule has 2 aliphatic carbocycles. The average molecular weight is 416 g/mol. The average Bonchev–Trinajstić information content (AvgIpc) is 3.37. The van der Waals surface area contributed by atoms with Gasteiger partial charge in [0.05, 0.1) is 16.2 Å². The van der Waals surface area contributed by atoms with Gasteiger partial charge in [-0.1, -0.05) is 43.7 Å². The Morgan fingerprint density at radius 2 is 1.90 bits per heavy atom. The molecule has 0 unspecified atom stereocenters. The summed E-state index contributed by atoms with van der Waals surface area (Å²) in [5.74, 6) is 0.241. The number of carbonyl (C=O) groups is 2. The normalized spacial score (nSPS) is 21.1. The summed E-state index contributed by atoms with van der Waals surface area (Å²) < 4.78 is 6.19. The zero-order chi connectivity index (χ0) is 20.2. The molecule has 1 spiro atoms. The predicted octanol–water partition coefficient (Wildman–Crippen LogP) is 5.40. The molecule has 1 aromatic carbocycles. The zero-order valence-corrected chi connectivity index (χ0v) is 17.4. The maximum Gasteiger partial charge on any atom is 0.319 e. The fourth-order valence-corrected chi connectivity index (χ4v) is 5.68. The van der Waals surface area contributed by atoms with Gasteiger partial charge in [0.1, 0.15) is 5.58 Å². The van der Waals surface area contributed by atoms with E-state index in [1.54, 1.807) is 12.1 Å². The number of halogens is 1. The lowest BCUT2D eigenvalue weighted by atomic mass is 9.74. The van der Waals surface area contributed by atoms with E-state index in [9.17, 15) is 9.59 Å². The van der Waals surface area contributed by atoms with Crippen LogP contribution < -0.4 is 10.6 Å². The molecule has 1 aliphatic heterocycles. The smallest absolute Gasteiger partial charge is 0.319 e. The number of furan rings is 1. The van der Waals surface area contributed by atoms with E-state index in [1.165, 1.54) is 12.8 Å². The van der Waals surface area contributed by atoms with Gasteiger partial charge in [-0.2, -0.15) is 0 Å². The molecule has 1 aromatic heterocycles. The molecule has 3 amide bonds. The van der Waals surface area contributed by atoms with Gasteiger partial charge < -0.3 is 20.0 Å². The summed E-state index contributed by atoms with van der Waals surface area (Å²) in [6.45, 7) is 0. The molecule has 2 saturated carbocycles. The molecule has 2 N–H and O–H groups in total. The van der Waals surface area contributed by atoms with Gasteiger partial charge in [-0.3, -0.25) is 4.79 Å². The lowest BCUT2D eigenvalue weighted by molar-refractivity contribution is 0.0705. The van der Waals surface area contributed by atoms with Crippen LogP contribution in [0.25, 0.3) is 11.0 Å². The third-order valence-corrected chi connectivity index (χ3v) is 7.24. The zero-order valence-electron chi connectivity index (χ0n) is 16.6. The number of nitrogens with zero attached hydrogens (tertiary/aromatic N) is 1. The second kappa shape index (κ2) is 6.94. The van der Waals surface area contributed by atoms with Gasteiger partial charge >= 0.3 is 6.03 Å². The number of urea groups is 1. The predicted molar refractivity (Wildman–Crippen MR) is 112 cm³/mol. The van der Waals surface area contributed by atoms with Crippen LogP contribution in [-0.4, -0.2) is 29.9 Å². The molecule has 3 aliphatic rings. The van der Waals surface area contributed by atoms with E-state index < -0.39 is 5.54 Å². The SMILES string of the molecule is CN(C(=O)c1cc2cc(Cl)c3c(c2o1)C1(CCCCC1)NC(=O)N3)C1CCCC1. The van der Waals surface area contributed by atoms with Crippen LogP contribution in [0.2, 0.25) is 5.02 Å². The van der Waals surface area contributed by atoms with E-state index in [0.717, 1.165) is 55.9 Å². The minimum Gasteiger partial charge on any atom is -0.450 e. The second-order valence-corrected chi connectivity index (χ2v) is 9.12. The van der Waals surface area contributed by atoms with Gasteiger partial charge in [-0.15, -0.1) is 0 Å². The van der Waals surface area contributed by atoms with Gasteiger partial charge in [0.2, 0.25) is 0 Å². The molecule has 6 nitrogen and oxygen atoms in total. The van der Waals surface area contributed by atoms with Crippen molar-refractivity contribution in [3.8, 4) is 0 Å². The molecule has 7 heteroatoms. The molecule has 5 rings (SSSR count). The third-order valence-electron chi connectivity index (χ3n) is 6.94. The third kappa shape index (κ3) is 3.00. The molecule has 0 bridgehead atoms. The Morgan fingerprint density at radius 1 is 1.17 bits per heavy atom. The molecular weight excluding hydrogens is 390 g/mol. The maximum absolute atomic E-state index is 13.1. The lowest BCUT2D eigenvalue weighted by Gasteiger charge is -2.42. The Bertz CT molecular complexity index is 987. The Labute approximate surface area is 174 Å². The maximum atomic E-state index is 13.1. The van der Waals surface area contributed by atoms with Crippen LogP contribution >= 0.6 is 11.6 Å². The number of anilines is 1. The highest BCUT2D eigenvalue weighted by atomic mass is 35.5. The van der Waals surface area contributed by atoms with Crippen LogP contribution in [0.1, 0.15) is 73.9 Å². The highest BCUT2D eigenvalue weighted by Gasteiger charge is 2.44. The molecule has 0 saturated heterocycles. The Hall–Kier alpha value is -2.21. The van der Waals surface area contributed by atoms with Crippen molar-refractivity contribution >= 4 is 40.2 Å². The number of carbonyl (C=O) groups excluding carboxylic acids is 2. The van der Waals surface area contributed by atoms with Crippen molar-refractivity contribution < 1.29 is 14.0 Å². The Kier molecular flexibility index (Phi) is 4.50. The Balaban J connectivity index is 1.62. The summed E-state index contributed by atoms with van der Waals surface area (Å²) in [4.78, 5) is 27.3. The van der Waals surface area contributed by atoms with Crippen LogP contribution in [-0.2, 0) is 5.54 Å². The van der Waals surface area contributed by atoms with E-state index in [0.29, 0.717) is 22.1 Å². The number of hydrogen-bond donors (Lipinski definition) is 2. The van der Waals surface area contributed by atoms with Crippen molar-refractivity contribution in [1.82, 2.24) is 10.2 Å². The number of fused-ring (bicyclic) bond motifs is 4. The van der Waals surface area contributed by atoms with Crippen molar-refractivity contribution in [3.63, 3.8) is 0 Å². The van der Waals surface area contributed by atoms with Crippen molar-refractivity contribution in [3.05, 3.63) is 28.5 Å². The molecule has 0 radical (unpaired) electrons. The van der Waals surface area contributed by atoms with Crippen LogP contribution in [0.5, 0.6) is 0 Å². The quantitative estimate of drug-likeness (QED) is 0.689. The van der Waals surface area contributed by atoms with Gasteiger partial charge in [0.15, 0.2) is 5.76 Å². The van der Waals surface area contributed by atoms with Gasteiger partial charge in [0, 0.05) is 24.0 Å². The van der Waals surface area contributed by atoms with Crippen LogP contribution in [0.3, 0.4) is 0 Å². The Morgan fingerprint density at radius 3 is 2.62 bits per heavy atom. The van der Waals surface area contributed by atoms with E-state index in [4.69, 9.17) is 16.0 Å². The fourth-order valence-electron chi connectivity index (χ4n) is 5.42. The largest absolute Gasteiger partial charge is 0.450 e. The fraction of sp³-hybridized carbons (Fsp3) is 0.545. The number of rotatable bonds is 2. The first-order chi connectivity index (χ1) is 14.0. The molecule has 2 aromatic rings. The van der Waals surface area contributed by atoms with Crippen LogP contribution in [0.4, 0.5) is 10.5 Å². The van der Waals surface area contributed by atoms with Gasteiger partial charge in [-0.05, 0) is 37.8 Å². The minimum atomic E-state index is -0.491. The summed E-state index contributed by atoms with van der Waals surface area (Å²) in [5, 5.41) is 7.30. The first-order valence-electron chi connectivity index (χ1n) is 10.6. The van der Waals surface area contributed by atoms with E-state index in [2.05, 4.69) is 10.6 Å². The van der Waals surface area contributed by atoms with Crippen molar-refractivity contribution in [2.75, 3.05) is 12.4 Å². The second-order valence-electron chi connectivity index (χ2n) is 8.71. The first-order valence-corrected chi connectivity index (χ1v) is 11.0. The molecule has 0 atom stereocenters. The summed E-state index contributed by atoms with van der Waals surface area (Å²) in [5.41, 5.74) is 1.67. The molecule has 2 heterocycles. The molecular formula is C22H26ClN3O3. The number of amides is 3. The number of benzene rings is 1. The summed E-state index contributed by atoms with van der Waals surface area (Å²) in [6, 6.07) is 3.62. The standard InChI is InChI=1S/C22H26ClN3O3/c1-26(14-7-3-4-8-14)20(27)16-12-13-11-15(23)18-17(19(13)29-16)22(25-21(28)24-18)9-5-2-6-10-22/h11-12,14H,2-10H2,1H3,(H2,24,25,28). The number of nitrogens with one attached hydrogen (secondary N) is 2. The van der Waals surface area contributed by atoms with Crippen molar-refractivity contribution in [2.24, 2.45) is 0 Å². The lowest BCUT2D eigenvalue weighted by Crippen LogP contribution is -2.52. The monoisotopic (exact) mass is 415 g/mol. The van der Waals surface area contributed by atoms with E-state index in [1.807, 2.05) is 11.9 Å². The van der Waals surface area contributed by atoms with Gasteiger partial charge in [-0.25, -0.2) is 4.79 Å². The van der Waals surface area contributed by atoms with E-state index >= 15 is 0 Å². The van der Waals surface area contributed by atoms with Crippen molar-refractivity contribution in [2.45, 2.75) is 69.4 Å². The molecule has 2 fully saturated rings. The minimum absolute atomic E-state index is 0.0940. The molecule has 29 heavy (non-hydrogen) atoms. The highest BCUT2D eigenvalue weighted by molar-refractivity contribution is 6.35. The van der Waals surface area contributed by atoms with Gasteiger partial charge in [0.25, 0.3) is 5.91 Å². The topological polar surface area (TPSA) is 74.6 Å². The van der Waals surface area contributed by atoms with Crippen LogP contribution in [0, 0.1) is 0 Å². The molecule has 154 valence electrons.